The second kappa shape index (κ2) is 3.98. The van der Waals surface area contributed by atoms with Crippen molar-refractivity contribution in [2.24, 2.45) is 0 Å². The largest absolute Gasteiger partial charge is 0.383 e. The monoisotopic (exact) mass is 198 g/mol. The number of hydrogen-bond donors (Lipinski definition) is 1. The summed E-state index contributed by atoms with van der Waals surface area (Å²) in [6.07, 6.45) is -0.614. The zero-order valence-electron chi connectivity index (χ0n) is 8.11. The van der Waals surface area contributed by atoms with Gasteiger partial charge in [0.2, 0.25) is 0 Å². The van der Waals surface area contributed by atoms with Crippen molar-refractivity contribution in [2.45, 2.75) is 32.8 Å². The van der Waals surface area contributed by atoms with E-state index in [1.165, 1.54) is 11.5 Å². The van der Waals surface area contributed by atoms with Gasteiger partial charge in [0.05, 0.1) is 10.6 Å². The number of nitrogens with zero attached hydrogens (tertiary/aromatic N) is 2. The van der Waals surface area contributed by atoms with Gasteiger partial charge in [0, 0.05) is 0 Å². The van der Waals surface area contributed by atoms with Crippen LogP contribution >= 0.6 is 11.5 Å². The molecule has 0 amide bonds. The first-order valence-corrected chi connectivity index (χ1v) is 4.97. The van der Waals surface area contributed by atoms with Crippen LogP contribution in [-0.4, -0.2) is 14.7 Å². The molecule has 1 atom stereocenters. The summed E-state index contributed by atoms with van der Waals surface area (Å²) in [6.45, 7) is 9.58. The Hall–Kier alpha value is -0.740. The molecule has 0 spiro atoms. The van der Waals surface area contributed by atoms with Gasteiger partial charge < -0.3 is 5.11 Å². The summed E-state index contributed by atoms with van der Waals surface area (Å²) >= 11 is 1.24. The van der Waals surface area contributed by atoms with E-state index in [0.29, 0.717) is 5.92 Å². The minimum absolute atomic E-state index is 0.294. The smallest absolute Gasteiger partial charge is 0.112 e. The Labute approximate surface area is 82.3 Å². The molecule has 0 bridgehead atoms. The van der Waals surface area contributed by atoms with Gasteiger partial charge in [-0.1, -0.05) is 24.9 Å². The number of rotatable bonds is 3. The minimum Gasteiger partial charge on any atom is -0.383 e. The fourth-order valence-corrected chi connectivity index (χ4v) is 1.91. The van der Waals surface area contributed by atoms with E-state index >= 15 is 0 Å². The van der Waals surface area contributed by atoms with Crippen molar-refractivity contribution in [3.8, 4) is 0 Å². The fourth-order valence-electron chi connectivity index (χ4n) is 1.02. The highest BCUT2D eigenvalue weighted by molar-refractivity contribution is 7.05. The molecule has 1 N–H and O–H groups in total. The third-order valence-electron chi connectivity index (χ3n) is 1.80. The lowest BCUT2D eigenvalue weighted by Crippen LogP contribution is -2.01. The average molecular weight is 198 g/mol. The van der Waals surface area contributed by atoms with Crippen molar-refractivity contribution >= 4 is 11.5 Å². The highest BCUT2D eigenvalue weighted by atomic mass is 32.1. The van der Waals surface area contributed by atoms with Crippen LogP contribution in [0.25, 0.3) is 0 Å². The molecule has 13 heavy (non-hydrogen) atoms. The van der Waals surface area contributed by atoms with Gasteiger partial charge in [-0.2, -0.15) is 0 Å². The molecule has 0 saturated heterocycles. The van der Waals surface area contributed by atoms with Crippen LogP contribution in [0.3, 0.4) is 0 Å². The standard InChI is InChI=1S/C9H14N2OS/c1-5(2)7-9(13-11-10-7)8(12)6(3)4/h5,8,12H,3H2,1-2,4H3. The SMILES string of the molecule is C=C(C)C(O)c1snnc1C(C)C. The van der Waals surface area contributed by atoms with Crippen LogP contribution in [0.5, 0.6) is 0 Å². The number of aliphatic hydroxyl groups is 1. The Kier molecular flexibility index (Phi) is 3.17. The second-order valence-corrected chi connectivity index (χ2v) is 4.21. The van der Waals surface area contributed by atoms with Crippen molar-refractivity contribution in [3.63, 3.8) is 0 Å². The lowest BCUT2D eigenvalue weighted by Gasteiger charge is -2.10. The van der Waals surface area contributed by atoms with Gasteiger partial charge in [0.25, 0.3) is 0 Å². The van der Waals surface area contributed by atoms with E-state index in [-0.39, 0.29) is 0 Å². The van der Waals surface area contributed by atoms with Crippen molar-refractivity contribution < 1.29 is 5.11 Å². The summed E-state index contributed by atoms with van der Waals surface area (Å²) in [4.78, 5) is 0.822. The van der Waals surface area contributed by atoms with E-state index in [0.717, 1.165) is 16.1 Å². The van der Waals surface area contributed by atoms with Gasteiger partial charge in [-0.25, -0.2) is 0 Å². The second-order valence-electron chi connectivity index (χ2n) is 3.43. The molecule has 0 radical (unpaired) electrons. The van der Waals surface area contributed by atoms with Crippen molar-refractivity contribution in [3.05, 3.63) is 22.7 Å². The van der Waals surface area contributed by atoms with Crippen LogP contribution in [0.15, 0.2) is 12.2 Å². The maximum absolute atomic E-state index is 9.75. The summed E-state index contributed by atoms with van der Waals surface area (Å²) in [5.74, 6) is 0.294. The van der Waals surface area contributed by atoms with Crippen LogP contribution in [0, 0.1) is 0 Å². The Morgan fingerprint density at radius 2 is 2.15 bits per heavy atom. The quantitative estimate of drug-likeness (QED) is 0.758. The van der Waals surface area contributed by atoms with Crippen molar-refractivity contribution in [2.75, 3.05) is 0 Å². The first-order valence-electron chi connectivity index (χ1n) is 4.19. The molecule has 4 heteroatoms. The Balaban J connectivity index is 3.00. The van der Waals surface area contributed by atoms with E-state index in [1.54, 1.807) is 6.92 Å². The van der Waals surface area contributed by atoms with Crippen LogP contribution in [0.1, 0.15) is 43.4 Å². The zero-order chi connectivity index (χ0) is 10.0. The molecule has 1 aromatic heterocycles. The maximum Gasteiger partial charge on any atom is 0.112 e. The van der Waals surface area contributed by atoms with Gasteiger partial charge in [-0.3, -0.25) is 0 Å². The van der Waals surface area contributed by atoms with Crippen LogP contribution in [0.2, 0.25) is 0 Å². The van der Waals surface area contributed by atoms with Gasteiger partial charge in [-0.05, 0) is 29.9 Å². The summed E-state index contributed by atoms with van der Waals surface area (Å²) < 4.78 is 3.84. The van der Waals surface area contributed by atoms with E-state index in [2.05, 4.69) is 16.2 Å². The summed E-state index contributed by atoms with van der Waals surface area (Å²) in [5, 5.41) is 13.7. The molecule has 0 aliphatic heterocycles. The molecule has 1 heterocycles. The Morgan fingerprint density at radius 3 is 2.62 bits per heavy atom. The topological polar surface area (TPSA) is 46.0 Å². The Morgan fingerprint density at radius 1 is 1.54 bits per heavy atom. The molecule has 0 aliphatic rings. The average Bonchev–Trinajstić information content (AvgIpc) is 2.50. The van der Waals surface area contributed by atoms with E-state index in [1.807, 2.05) is 13.8 Å². The predicted molar refractivity (Wildman–Crippen MR) is 53.8 cm³/mol. The van der Waals surface area contributed by atoms with Crippen LogP contribution in [0.4, 0.5) is 0 Å². The molecule has 0 fully saturated rings. The minimum atomic E-state index is -0.614. The molecule has 1 aromatic rings. The molecule has 1 rings (SSSR count). The van der Waals surface area contributed by atoms with E-state index in [4.69, 9.17) is 0 Å². The lowest BCUT2D eigenvalue weighted by molar-refractivity contribution is 0.218. The normalized spacial score (nSPS) is 13.3. The highest BCUT2D eigenvalue weighted by Crippen LogP contribution is 2.29. The molecule has 0 aromatic carbocycles. The van der Waals surface area contributed by atoms with Gasteiger partial charge in [0.15, 0.2) is 0 Å². The molecule has 72 valence electrons. The Bertz CT molecular complexity index is 306. The van der Waals surface area contributed by atoms with Gasteiger partial charge >= 0.3 is 0 Å². The predicted octanol–water partition coefficient (Wildman–Crippen LogP) is 2.27. The number of hydrogen-bond acceptors (Lipinski definition) is 4. The van der Waals surface area contributed by atoms with Crippen LogP contribution in [-0.2, 0) is 0 Å². The summed E-state index contributed by atoms with van der Waals surface area (Å²) in [7, 11) is 0. The molecule has 0 aliphatic carbocycles. The summed E-state index contributed by atoms with van der Waals surface area (Å²) in [6, 6.07) is 0. The maximum atomic E-state index is 9.75. The van der Waals surface area contributed by atoms with Gasteiger partial charge in [0.1, 0.15) is 6.10 Å². The van der Waals surface area contributed by atoms with E-state index < -0.39 is 6.10 Å². The first-order chi connectivity index (χ1) is 6.04. The third-order valence-corrected chi connectivity index (χ3v) is 2.59. The van der Waals surface area contributed by atoms with Crippen LogP contribution < -0.4 is 0 Å². The van der Waals surface area contributed by atoms with Crippen molar-refractivity contribution in [1.29, 1.82) is 0 Å². The zero-order valence-corrected chi connectivity index (χ0v) is 8.93. The number of aromatic nitrogens is 2. The summed E-state index contributed by atoms with van der Waals surface area (Å²) in [5.41, 5.74) is 1.61. The molecular formula is C9H14N2OS. The third kappa shape index (κ3) is 2.14. The lowest BCUT2D eigenvalue weighted by atomic mass is 10.0. The molecule has 3 nitrogen and oxygen atoms in total. The van der Waals surface area contributed by atoms with Crippen molar-refractivity contribution in [1.82, 2.24) is 9.59 Å². The molecule has 1 unspecified atom stereocenters. The van der Waals surface area contributed by atoms with E-state index in [9.17, 15) is 5.11 Å². The highest BCUT2D eigenvalue weighted by Gasteiger charge is 2.19. The molecular weight excluding hydrogens is 184 g/mol. The van der Waals surface area contributed by atoms with Gasteiger partial charge in [-0.15, -0.1) is 5.10 Å². The molecule has 0 saturated carbocycles. The fraction of sp³-hybridized carbons (Fsp3) is 0.556. The number of aliphatic hydroxyl groups excluding tert-OH is 1. The first kappa shape index (κ1) is 10.3.